The van der Waals surface area contributed by atoms with Crippen LogP contribution in [0.1, 0.15) is 24.0 Å². The van der Waals surface area contributed by atoms with Crippen LogP contribution in [-0.4, -0.2) is 45.1 Å². The van der Waals surface area contributed by atoms with E-state index in [9.17, 15) is 13.5 Å². The standard InChI is InChI=1S/C26H29NO5S/c1-31-23-13-14-24(32-2)25(19-23)33(29,30)27-17-15-22(16-18-27)26(28,20-9-5-3-6-10-20)21-11-7-4-8-12-21/h3-14,19,22,28H,15-18H2,1-2H3. The summed E-state index contributed by atoms with van der Waals surface area (Å²) < 4.78 is 38.9. The van der Waals surface area contributed by atoms with Crippen molar-refractivity contribution >= 4 is 10.0 Å². The molecule has 0 saturated carbocycles. The van der Waals surface area contributed by atoms with Gasteiger partial charge in [0.2, 0.25) is 10.0 Å². The molecular weight excluding hydrogens is 438 g/mol. The van der Waals surface area contributed by atoms with Gasteiger partial charge in [0.05, 0.1) is 14.2 Å². The SMILES string of the molecule is COc1ccc(OC)c(S(=O)(=O)N2CCC(C(O)(c3ccccc3)c3ccccc3)CC2)c1. The molecule has 0 spiro atoms. The van der Waals surface area contributed by atoms with Gasteiger partial charge in [-0.25, -0.2) is 8.42 Å². The Bertz CT molecular complexity index is 1130. The Labute approximate surface area is 195 Å². The summed E-state index contributed by atoms with van der Waals surface area (Å²) in [6, 6.07) is 24.0. The van der Waals surface area contributed by atoms with Gasteiger partial charge in [-0.3, -0.25) is 0 Å². The molecule has 3 aromatic carbocycles. The first-order valence-electron chi connectivity index (χ1n) is 11.0. The molecular formula is C26H29NO5S. The topological polar surface area (TPSA) is 76.1 Å². The van der Waals surface area contributed by atoms with E-state index in [-0.39, 0.29) is 16.6 Å². The van der Waals surface area contributed by atoms with Crippen LogP contribution in [-0.2, 0) is 15.6 Å². The molecule has 0 aliphatic carbocycles. The Morgan fingerprint density at radius 1 is 0.848 bits per heavy atom. The number of ether oxygens (including phenoxy) is 2. The second-order valence-electron chi connectivity index (χ2n) is 8.19. The Kier molecular flexibility index (Phi) is 6.74. The molecule has 1 N–H and O–H groups in total. The van der Waals surface area contributed by atoms with Gasteiger partial charge in [0.15, 0.2) is 0 Å². The number of rotatable bonds is 7. The molecule has 4 rings (SSSR count). The van der Waals surface area contributed by atoms with Crippen molar-refractivity contribution in [1.82, 2.24) is 4.31 Å². The van der Waals surface area contributed by atoms with E-state index < -0.39 is 15.6 Å². The third kappa shape index (κ3) is 4.36. The van der Waals surface area contributed by atoms with Crippen LogP contribution in [0.2, 0.25) is 0 Å². The molecule has 0 bridgehead atoms. The van der Waals surface area contributed by atoms with Crippen molar-refractivity contribution in [3.8, 4) is 11.5 Å². The van der Waals surface area contributed by atoms with Gasteiger partial charge < -0.3 is 14.6 Å². The third-order valence-corrected chi connectivity index (χ3v) is 8.38. The number of aliphatic hydroxyl groups is 1. The number of piperidine rings is 1. The Morgan fingerprint density at radius 2 is 1.39 bits per heavy atom. The lowest BCUT2D eigenvalue weighted by atomic mass is 9.72. The highest BCUT2D eigenvalue weighted by Gasteiger charge is 2.43. The van der Waals surface area contributed by atoms with Crippen LogP contribution >= 0.6 is 0 Å². The van der Waals surface area contributed by atoms with Crippen molar-refractivity contribution in [2.24, 2.45) is 5.92 Å². The molecule has 1 heterocycles. The first-order chi connectivity index (χ1) is 15.9. The highest BCUT2D eigenvalue weighted by atomic mass is 32.2. The fraction of sp³-hybridized carbons (Fsp3) is 0.308. The minimum absolute atomic E-state index is 0.0872. The van der Waals surface area contributed by atoms with Gasteiger partial charge >= 0.3 is 0 Å². The second-order valence-corrected chi connectivity index (χ2v) is 10.1. The van der Waals surface area contributed by atoms with Gasteiger partial charge in [-0.15, -0.1) is 0 Å². The van der Waals surface area contributed by atoms with E-state index in [0.717, 1.165) is 11.1 Å². The van der Waals surface area contributed by atoms with E-state index in [1.54, 1.807) is 12.1 Å². The normalized spacial score (nSPS) is 15.8. The summed E-state index contributed by atoms with van der Waals surface area (Å²) in [6.07, 6.45) is 1.04. The molecule has 0 radical (unpaired) electrons. The van der Waals surface area contributed by atoms with E-state index in [1.807, 2.05) is 60.7 Å². The predicted molar refractivity (Wildman–Crippen MR) is 127 cm³/mol. The zero-order valence-electron chi connectivity index (χ0n) is 18.8. The summed E-state index contributed by atoms with van der Waals surface area (Å²) in [6.45, 7) is 0.602. The number of methoxy groups -OCH3 is 2. The van der Waals surface area contributed by atoms with Crippen LogP contribution < -0.4 is 9.47 Å². The quantitative estimate of drug-likeness (QED) is 0.568. The minimum Gasteiger partial charge on any atom is -0.497 e. The molecule has 33 heavy (non-hydrogen) atoms. The maximum Gasteiger partial charge on any atom is 0.246 e. The molecule has 1 aliphatic rings. The van der Waals surface area contributed by atoms with Crippen LogP contribution in [0.5, 0.6) is 11.5 Å². The number of hydrogen-bond donors (Lipinski definition) is 1. The molecule has 0 amide bonds. The first-order valence-corrected chi connectivity index (χ1v) is 12.4. The summed E-state index contributed by atoms with van der Waals surface area (Å²) in [5, 5.41) is 12.0. The fourth-order valence-corrected chi connectivity index (χ4v) is 6.30. The Balaban J connectivity index is 1.62. The minimum atomic E-state index is -3.79. The van der Waals surface area contributed by atoms with Crippen molar-refractivity contribution in [2.75, 3.05) is 27.3 Å². The molecule has 6 nitrogen and oxygen atoms in total. The van der Waals surface area contributed by atoms with Gasteiger partial charge in [0.1, 0.15) is 22.0 Å². The van der Waals surface area contributed by atoms with Crippen LogP contribution in [0, 0.1) is 5.92 Å². The highest BCUT2D eigenvalue weighted by Crippen LogP contribution is 2.43. The van der Waals surface area contributed by atoms with Crippen molar-refractivity contribution < 1.29 is 23.0 Å². The van der Waals surface area contributed by atoms with E-state index in [1.165, 1.54) is 24.6 Å². The molecule has 174 valence electrons. The van der Waals surface area contributed by atoms with Crippen LogP contribution in [0.25, 0.3) is 0 Å². The Hall–Kier alpha value is -2.87. The molecule has 0 unspecified atom stereocenters. The molecule has 7 heteroatoms. The maximum absolute atomic E-state index is 13.5. The Morgan fingerprint density at radius 3 is 1.88 bits per heavy atom. The van der Waals surface area contributed by atoms with Crippen molar-refractivity contribution in [3.05, 3.63) is 90.0 Å². The monoisotopic (exact) mass is 467 g/mol. The van der Waals surface area contributed by atoms with Crippen LogP contribution in [0.15, 0.2) is 83.8 Å². The first kappa shape index (κ1) is 23.3. The largest absolute Gasteiger partial charge is 0.497 e. The number of sulfonamides is 1. The molecule has 1 saturated heterocycles. The lowest BCUT2D eigenvalue weighted by Gasteiger charge is -2.42. The predicted octanol–water partition coefficient (Wildman–Crippen LogP) is 4.04. The average Bonchev–Trinajstić information content (AvgIpc) is 2.89. The van der Waals surface area contributed by atoms with Gasteiger partial charge in [0.25, 0.3) is 0 Å². The summed E-state index contributed by atoms with van der Waals surface area (Å²) in [4.78, 5) is 0.0872. The van der Waals surface area contributed by atoms with Gasteiger partial charge in [-0.05, 0) is 42.0 Å². The summed E-state index contributed by atoms with van der Waals surface area (Å²) >= 11 is 0. The summed E-state index contributed by atoms with van der Waals surface area (Å²) in [7, 11) is -0.840. The summed E-state index contributed by atoms with van der Waals surface area (Å²) in [5.41, 5.74) is 0.422. The number of benzene rings is 3. The van der Waals surface area contributed by atoms with Gasteiger partial charge in [-0.1, -0.05) is 60.7 Å². The van der Waals surface area contributed by atoms with Crippen molar-refractivity contribution in [1.29, 1.82) is 0 Å². The smallest absolute Gasteiger partial charge is 0.246 e. The molecule has 3 aromatic rings. The van der Waals surface area contributed by atoms with Crippen molar-refractivity contribution in [2.45, 2.75) is 23.3 Å². The molecule has 1 fully saturated rings. The van der Waals surface area contributed by atoms with Crippen LogP contribution in [0.4, 0.5) is 0 Å². The van der Waals surface area contributed by atoms with Crippen LogP contribution in [0.3, 0.4) is 0 Å². The van der Waals surface area contributed by atoms with E-state index in [2.05, 4.69) is 0 Å². The number of hydrogen-bond acceptors (Lipinski definition) is 5. The fourth-order valence-electron chi connectivity index (χ4n) is 4.66. The zero-order chi connectivity index (χ0) is 23.5. The van der Waals surface area contributed by atoms with E-state index in [4.69, 9.17) is 9.47 Å². The molecule has 0 atom stereocenters. The van der Waals surface area contributed by atoms with E-state index >= 15 is 0 Å². The van der Waals surface area contributed by atoms with Gasteiger partial charge in [0, 0.05) is 19.2 Å². The average molecular weight is 468 g/mol. The lowest BCUT2D eigenvalue weighted by Crippen LogP contribution is -2.46. The maximum atomic E-state index is 13.5. The molecule has 1 aliphatic heterocycles. The van der Waals surface area contributed by atoms with Crippen molar-refractivity contribution in [3.63, 3.8) is 0 Å². The number of nitrogens with zero attached hydrogens (tertiary/aromatic N) is 1. The third-order valence-electron chi connectivity index (χ3n) is 6.46. The summed E-state index contributed by atoms with van der Waals surface area (Å²) in [5.74, 6) is 0.593. The zero-order valence-corrected chi connectivity index (χ0v) is 19.7. The van der Waals surface area contributed by atoms with Gasteiger partial charge in [-0.2, -0.15) is 4.31 Å². The second kappa shape index (κ2) is 9.55. The highest BCUT2D eigenvalue weighted by molar-refractivity contribution is 7.89. The van der Waals surface area contributed by atoms with E-state index in [0.29, 0.717) is 31.7 Å². The molecule has 0 aromatic heterocycles. The lowest BCUT2D eigenvalue weighted by molar-refractivity contribution is -0.00532.